The van der Waals surface area contributed by atoms with Crippen LogP contribution in [0, 0.1) is 5.92 Å². The Morgan fingerprint density at radius 2 is 2.55 bits per heavy atom. The zero-order chi connectivity index (χ0) is 8.27. The van der Waals surface area contributed by atoms with Crippen molar-refractivity contribution in [3.63, 3.8) is 0 Å². The molecule has 3 nitrogen and oxygen atoms in total. The molecule has 1 unspecified atom stereocenters. The number of nitrogens with one attached hydrogen (secondary N) is 1. The third-order valence-electron chi connectivity index (χ3n) is 2.02. The second kappa shape index (κ2) is 4.07. The average Bonchev–Trinajstić information content (AvgIpc) is 2.31. The lowest BCUT2D eigenvalue weighted by Gasteiger charge is -2.09. The number of hydrogen-bond acceptors (Lipinski definition) is 2. The molecule has 1 atom stereocenters. The van der Waals surface area contributed by atoms with Crippen LogP contribution in [-0.4, -0.2) is 36.4 Å². The van der Waals surface area contributed by atoms with Gasteiger partial charge in [-0.1, -0.05) is 0 Å². The molecule has 0 bridgehead atoms. The average molecular weight is 221 g/mol. The molecule has 0 radical (unpaired) electrons. The molecule has 1 amide bonds. The highest BCUT2D eigenvalue weighted by atomic mass is 79.9. The monoisotopic (exact) mass is 220 g/mol. The second-order valence-corrected chi connectivity index (χ2v) is 3.79. The fourth-order valence-electron chi connectivity index (χ4n) is 1.42. The fraction of sp³-hybridized carbons (Fsp3) is 0.857. The molecule has 0 aromatic carbocycles. The molecule has 0 spiro atoms. The van der Waals surface area contributed by atoms with Gasteiger partial charge in [0.1, 0.15) is 0 Å². The first-order valence-corrected chi connectivity index (χ1v) is 4.59. The van der Waals surface area contributed by atoms with Crippen LogP contribution in [0.5, 0.6) is 0 Å². The minimum Gasteiger partial charge on any atom is -0.346 e. The fourth-order valence-corrected chi connectivity index (χ4v) is 1.58. The van der Waals surface area contributed by atoms with E-state index in [1.54, 1.807) is 0 Å². The van der Waals surface area contributed by atoms with Crippen LogP contribution in [0.15, 0.2) is 0 Å². The number of nitrogens with zero attached hydrogens (tertiary/aromatic N) is 1. The van der Waals surface area contributed by atoms with E-state index in [0.717, 1.165) is 19.6 Å². The molecule has 1 saturated heterocycles. The van der Waals surface area contributed by atoms with Gasteiger partial charge in [0.2, 0.25) is 0 Å². The SMILES string of the molecule is CN1CCC(CNC(=O)Br)C1. The smallest absolute Gasteiger partial charge is 0.287 e. The van der Waals surface area contributed by atoms with Gasteiger partial charge < -0.3 is 10.2 Å². The third-order valence-corrected chi connectivity index (χ3v) is 2.30. The summed E-state index contributed by atoms with van der Waals surface area (Å²) in [6, 6.07) is 0. The standard InChI is InChI=1S/C7H13BrN2O/c1-10-3-2-6(5-10)4-9-7(8)11/h6H,2-5H2,1H3,(H,9,11). The Kier molecular flexibility index (Phi) is 3.33. The molecule has 1 aliphatic heterocycles. The number of carbonyl (C=O) groups is 1. The Hall–Kier alpha value is -0.0900. The van der Waals surface area contributed by atoms with E-state index in [1.165, 1.54) is 6.42 Å². The number of rotatable bonds is 2. The van der Waals surface area contributed by atoms with Crippen LogP contribution in [-0.2, 0) is 0 Å². The molecular weight excluding hydrogens is 208 g/mol. The van der Waals surface area contributed by atoms with Crippen molar-refractivity contribution in [2.24, 2.45) is 5.92 Å². The summed E-state index contributed by atoms with van der Waals surface area (Å²) in [7, 11) is 2.11. The molecule has 1 heterocycles. The molecule has 4 heteroatoms. The number of carbonyl (C=O) groups excluding carboxylic acids is 1. The first-order chi connectivity index (χ1) is 5.18. The van der Waals surface area contributed by atoms with E-state index in [0.29, 0.717) is 5.92 Å². The first-order valence-electron chi connectivity index (χ1n) is 3.80. The summed E-state index contributed by atoms with van der Waals surface area (Å²) in [6.07, 6.45) is 1.20. The highest BCUT2D eigenvalue weighted by molar-refractivity contribution is 9.18. The van der Waals surface area contributed by atoms with E-state index in [9.17, 15) is 4.79 Å². The van der Waals surface area contributed by atoms with Crippen molar-refractivity contribution >= 4 is 20.7 Å². The number of amides is 1. The molecule has 1 fully saturated rings. The second-order valence-electron chi connectivity index (χ2n) is 3.07. The summed E-state index contributed by atoms with van der Waals surface area (Å²) in [5, 5.41) is 2.76. The van der Waals surface area contributed by atoms with E-state index in [-0.39, 0.29) is 4.82 Å². The highest BCUT2D eigenvalue weighted by Gasteiger charge is 2.18. The predicted molar refractivity (Wildman–Crippen MR) is 47.9 cm³/mol. The van der Waals surface area contributed by atoms with Crippen LogP contribution < -0.4 is 5.32 Å². The Labute approximate surface area is 75.3 Å². The quantitative estimate of drug-likeness (QED) is 0.558. The highest BCUT2D eigenvalue weighted by Crippen LogP contribution is 2.12. The predicted octanol–water partition coefficient (Wildman–Crippen LogP) is 1.04. The van der Waals surface area contributed by atoms with Gasteiger partial charge in [-0.15, -0.1) is 0 Å². The van der Waals surface area contributed by atoms with Crippen molar-refractivity contribution in [2.45, 2.75) is 6.42 Å². The third kappa shape index (κ3) is 3.20. The number of likely N-dealkylation sites (tertiary alicyclic amines) is 1. The van der Waals surface area contributed by atoms with Crippen LogP contribution in [0.2, 0.25) is 0 Å². The minimum absolute atomic E-state index is 0.105. The number of halogens is 1. The van der Waals surface area contributed by atoms with Gasteiger partial charge >= 0.3 is 0 Å². The van der Waals surface area contributed by atoms with E-state index in [4.69, 9.17) is 0 Å². The Morgan fingerprint density at radius 1 is 1.82 bits per heavy atom. The van der Waals surface area contributed by atoms with Crippen molar-refractivity contribution in [1.29, 1.82) is 0 Å². The topological polar surface area (TPSA) is 32.3 Å². The van der Waals surface area contributed by atoms with Crippen molar-refractivity contribution in [3.05, 3.63) is 0 Å². The van der Waals surface area contributed by atoms with Crippen LogP contribution >= 0.6 is 15.9 Å². The van der Waals surface area contributed by atoms with Crippen LogP contribution in [0.3, 0.4) is 0 Å². The van der Waals surface area contributed by atoms with Gasteiger partial charge in [-0.25, -0.2) is 0 Å². The lowest BCUT2D eigenvalue weighted by atomic mass is 10.1. The van der Waals surface area contributed by atoms with E-state index in [1.807, 2.05) is 0 Å². The zero-order valence-electron chi connectivity index (χ0n) is 6.64. The lowest BCUT2D eigenvalue weighted by molar-refractivity contribution is 0.260. The summed E-state index contributed by atoms with van der Waals surface area (Å²) < 4.78 is 0. The molecule has 0 aromatic heterocycles. The number of hydrogen-bond donors (Lipinski definition) is 1. The van der Waals surface area contributed by atoms with E-state index in [2.05, 4.69) is 33.2 Å². The van der Waals surface area contributed by atoms with Gasteiger partial charge in [-0.05, 0) is 25.9 Å². The van der Waals surface area contributed by atoms with Gasteiger partial charge in [0.25, 0.3) is 4.82 Å². The molecular formula is C7H13BrN2O. The molecule has 1 aliphatic rings. The largest absolute Gasteiger partial charge is 0.346 e. The molecule has 1 rings (SSSR count). The van der Waals surface area contributed by atoms with Gasteiger partial charge in [0.15, 0.2) is 0 Å². The van der Waals surface area contributed by atoms with E-state index >= 15 is 0 Å². The first kappa shape index (κ1) is 9.00. The van der Waals surface area contributed by atoms with Crippen molar-refractivity contribution in [3.8, 4) is 0 Å². The van der Waals surface area contributed by atoms with Crippen LogP contribution in [0.1, 0.15) is 6.42 Å². The molecule has 1 N–H and O–H groups in total. The van der Waals surface area contributed by atoms with Gasteiger partial charge in [0, 0.05) is 29.0 Å². The molecule has 0 aliphatic carbocycles. The van der Waals surface area contributed by atoms with Crippen LogP contribution in [0.25, 0.3) is 0 Å². The summed E-state index contributed by atoms with van der Waals surface area (Å²) in [4.78, 5) is 12.7. The summed E-state index contributed by atoms with van der Waals surface area (Å²) in [6.45, 7) is 3.06. The Balaban J connectivity index is 2.13. The minimum atomic E-state index is -0.105. The Morgan fingerprint density at radius 3 is 3.00 bits per heavy atom. The van der Waals surface area contributed by atoms with E-state index < -0.39 is 0 Å². The maximum atomic E-state index is 10.5. The molecule has 0 aromatic rings. The molecule has 64 valence electrons. The molecule has 11 heavy (non-hydrogen) atoms. The summed E-state index contributed by atoms with van der Waals surface area (Å²) in [5.74, 6) is 0.640. The lowest BCUT2D eigenvalue weighted by Crippen LogP contribution is -2.26. The maximum Gasteiger partial charge on any atom is 0.287 e. The normalized spacial score (nSPS) is 25.5. The Bertz CT molecular complexity index is 151. The van der Waals surface area contributed by atoms with Gasteiger partial charge in [0.05, 0.1) is 0 Å². The summed E-state index contributed by atoms with van der Waals surface area (Å²) in [5.41, 5.74) is 0. The van der Waals surface area contributed by atoms with Gasteiger partial charge in [-0.3, -0.25) is 4.79 Å². The zero-order valence-corrected chi connectivity index (χ0v) is 8.23. The van der Waals surface area contributed by atoms with Crippen molar-refractivity contribution in [1.82, 2.24) is 10.2 Å². The maximum absolute atomic E-state index is 10.5. The molecule has 0 saturated carbocycles. The van der Waals surface area contributed by atoms with Gasteiger partial charge in [-0.2, -0.15) is 0 Å². The van der Waals surface area contributed by atoms with Crippen molar-refractivity contribution < 1.29 is 4.79 Å². The summed E-state index contributed by atoms with van der Waals surface area (Å²) >= 11 is 2.83. The van der Waals surface area contributed by atoms with Crippen LogP contribution in [0.4, 0.5) is 4.79 Å². The van der Waals surface area contributed by atoms with Crippen molar-refractivity contribution in [2.75, 3.05) is 26.7 Å².